The molecule has 0 unspecified atom stereocenters. The average molecular weight is 351 g/mol. The maximum Gasteiger partial charge on any atom is 0.0822 e. The molecular weight excluding hydrogens is 320 g/mol. The summed E-state index contributed by atoms with van der Waals surface area (Å²) >= 11 is 0. The first-order valence-electron chi connectivity index (χ1n) is 10.0. The fourth-order valence-electron chi connectivity index (χ4n) is 4.69. The lowest BCUT2D eigenvalue weighted by atomic mass is 9.87. The molecule has 4 rings (SSSR count). The second kappa shape index (κ2) is 8.34. The molecule has 0 saturated carbocycles. The van der Waals surface area contributed by atoms with Crippen molar-refractivity contribution in [1.29, 1.82) is 0 Å². The van der Waals surface area contributed by atoms with Crippen molar-refractivity contribution < 1.29 is 5.11 Å². The Kier molecular flexibility index (Phi) is 5.68. The average Bonchev–Trinajstić information content (AvgIpc) is 2.70. The number of aliphatic hydroxyl groups excluding tert-OH is 1. The maximum absolute atomic E-state index is 10.8. The minimum Gasteiger partial charge on any atom is -0.390 e. The van der Waals surface area contributed by atoms with Crippen molar-refractivity contribution in [1.82, 2.24) is 9.80 Å². The molecule has 2 fully saturated rings. The Morgan fingerprint density at radius 2 is 1.46 bits per heavy atom. The third-order valence-corrected chi connectivity index (χ3v) is 6.15. The zero-order valence-corrected chi connectivity index (χ0v) is 15.5. The highest BCUT2D eigenvalue weighted by atomic mass is 16.3. The number of β-amino-alcohol motifs (C(OH)–C–C–N with tert-alkyl or cyclic N) is 1. The van der Waals surface area contributed by atoms with Crippen molar-refractivity contribution in [3.8, 4) is 0 Å². The van der Waals surface area contributed by atoms with E-state index in [1.54, 1.807) is 0 Å². The van der Waals surface area contributed by atoms with E-state index in [9.17, 15) is 5.11 Å². The van der Waals surface area contributed by atoms with Crippen LogP contribution < -0.4 is 0 Å². The maximum atomic E-state index is 10.8. The summed E-state index contributed by atoms with van der Waals surface area (Å²) in [7, 11) is 0. The summed E-state index contributed by atoms with van der Waals surface area (Å²) in [6.07, 6.45) is 3.26. The Balaban J connectivity index is 1.29. The van der Waals surface area contributed by atoms with Gasteiger partial charge in [0.2, 0.25) is 0 Å². The van der Waals surface area contributed by atoms with Crippen LogP contribution in [-0.2, 0) is 6.54 Å². The summed E-state index contributed by atoms with van der Waals surface area (Å²) in [5.41, 5.74) is 2.81. The first kappa shape index (κ1) is 17.7. The van der Waals surface area contributed by atoms with Crippen molar-refractivity contribution in [3.63, 3.8) is 0 Å². The van der Waals surface area contributed by atoms with E-state index in [-0.39, 0.29) is 6.10 Å². The minimum absolute atomic E-state index is 0.235. The van der Waals surface area contributed by atoms with Crippen LogP contribution in [0.2, 0.25) is 0 Å². The van der Waals surface area contributed by atoms with Gasteiger partial charge >= 0.3 is 0 Å². The van der Waals surface area contributed by atoms with E-state index in [4.69, 9.17) is 0 Å². The molecule has 2 aliphatic heterocycles. The predicted molar refractivity (Wildman–Crippen MR) is 106 cm³/mol. The van der Waals surface area contributed by atoms with Gasteiger partial charge in [-0.2, -0.15) is 0 Å². The Morgan fingerprint density at radius 1 is 0.808 bits per heavy atom. The van der Waals surface area contributed by atoms with E-state index >= 15 is 0 Å². The Labute approximate surface area is 157 Å². The zero-order chi connectivity index (χ0) is 17.8. The highest BCUT2D eigenvalue weighted by Crippen LogP contribution is 2.30. The second-order valence-corrected chi connectivity index (χ2v) is 7.87. The third-order valence-electron chi connectivity index (χ3n) is 6.15. The van der Waals surface area contributed by atoms with E-state index in [1.165, 1.54) is 24.0 Å². The molecule has 138 valence electrons. The van der Waals surface area contributed by atoms with Gasteiger partial charge in [0.1, 0.15) is 0 Å². The molecule has 2 atom stereocenters. The molecule has 0 spiro atoms. The number of rotatable bonds is 4. The van der Waals surface area contributed by atoms with Crippen LogP contribution in [-0.4, -0.2) is 53.2 Å². The molecule has 2 aromatic rings. The van der Waals surface area contributed by atoms with Crippen LogP contribution in [0.4, 0.5) is 0 Å². The molecule has 3 heteroatoms. The second-order valence-electron chi connectivity index (χ2n) is 7.87. The molecule has 2 saturated heterocycles. The van der Waals surface area contributed by atoms with Gasteiger partial charge in [-0.05, 0) is 49.4 Å². The topological polar surface area (TPSA) is 26.7 Å². The molecular formula is C23H30N2O. The summed E-state index contributed by atoms with van der Waals surface area (Å²) < 4.78 is 0. The van der Waals surface area contributed by atoms with Crippen LogP contribution in [0.3, 0.4) is 0 Å². The highest BCUT2D eigenvalue weighted by molar-refractivity contribution is 5.20. The Bertz CT molecular complexity index is 667. The number of aliphatic hydroxyl groups is 1. The normalized spacial score (nSPS) is 26.0. The molecule has 1 N–H and O–H groups in total. The van der Waals surface area contributed by atoms with Crippen molar-refractivity contribution in [2.24, 2.45) is 0 Å². The van der Waals surface area contributed by atoms with Crippen LogP contribution in [0.1, 0.15) is 36.3 Å². The number of likely N-dealkylation sites (tertiary alicyclic amines) is 2. The molecule has 0 amide bonds. The van der Waals surface area contributed by atoms with E-state index < -0.39 is 0 Å². The van der Waals surface area contributed by atoms with Gasteiger partial charge in [-0.1, -0.05) is 60.7 Å². The molecule has 0 aromatic heterocycles. The lowest BCUT2D eigenvalue weighted by molar-refractivity contribution is -0.0231. The largest absolute Gasteiger partial charge is 0.390 e. The van der Waals surface area contributed by atoms with E-state index in [0.29, 0.717) is 12.0 Å². The summed E-state index contributed by atoms with van der Waals surface area (Å²) in [4.78, 5) is 4.94. The molecule has 2 aromatic carbocycles. The number of hydrogen-bond acceptors (Lipinski definition) is 3. The van der Waals surface area contributed by atoms with Crippen LogP contribution in [0.25, 0.3) is 0 Å². The van der Waals surface area contributed by atoms with E-state index in [1.807, 2.05) is 0 Å². The molecule has 0 radical (unpaired) electrons. The fraction of sp³-hybridized carbons (Fsp3) is 0.478. The summed E-state index contributed by atoms with van der Waals surface area (Å²) in [5, 5.41) is 10.8. The number of nitrogens with zero attached hydrogens (tertiary/aromatic N) is 2. The third kappa shape index (κ3) is 4.17. The van der Waals surface area contributed by atoms with Crippen LogP contribution in [0.15, 0.2) is 60.7 Å². The van der Waals surface area contributed by atoms with Gasteiger partial charge in [-0.15, -0.1) is 0 Å². The molecule has 2 heterocycles. The quantitative estimate of drug-likeness (QED) is 0.914. The van der Waals surface area contributed by atoms with Gasteiger partial charge in [0.15, 0.2) is 0 Å². The van der Waals surface area contributed by atoms with Gasteiger partial charge in [-0.25, -0.2) is 0 Å². The molecule has 26 heavy (non-hydrogen) atoms. The van der Waals surface area contributed by atoms with Crippen LogP contribution >= 0.6 is 0 Å². The molecule has 0 bridgehead atoms. The zero-order valence-electron chi connectivity index (χ0n) is 15.5. The first-order chi connectivity index (χ1) is 12.8. The van der Waals surface area contributed by atoms with Crippen LogP contribution in [0, 0.1) is 0 Å². The van der Waals surface area contributed by atoms with Gasteiger partial charge in [0.05, 0.1) is 6.10 Å². The lowest BCUT2D eigenvalue weighted by Gasteiger charge is -2.44. The summed E-state index contributed by atoms with van der Waals surface area (Å²) in [5.74, 6) is 0.683. The van der Waals surface area contributed by atoms with Crippen LogP contribution in [0.5, 0.6) is 0 Å². The molecule has 2 aliphatic rings. The summed E-state index contributed by atoms with van der Waals surface area (Å²) in [6.45, 7) is 5.04. The lowest BCUT2D eigenvalue weighted by Crippen LogP contribution is -2.55. The van der Waals surface area contributed by atoms with Crippen molar-refractivity contribution in [2.45, 2.75) is 43.9 Å². The number of benzene rings is 2. The minimum atomic E-state index is -0.235. The van der Waals surface area contributed by atoms with Gasteiger partial charge in [0.25, 0.3) is 0 Å². The van der Waals surface area contributed by atoms with E-state index in [0.717, 1.165) is 39.1 Å². The fourth-order valence-corrected chi connectivity index (χ4v) is 4.69. The van der Waals surface area contributed by atoms with Crippen molar-refractivity contribution in [3.05, 3.63) is 71.8 Å². The first-order valence-corrected chi connectivity index (χ1v) is 10.0. The summed E-state index contributed by atoms with van der Waals surface area (Å²) in [6, 6.07) is 21.8. The van der Waals surface area contributed by atoms with Gasteiger partial charge < -0.3 is 5.11 Å². The SMILES string of the molecule is O[C@H]1CN(Cc2ccccc2)CC[C@H]1N1CCC(c2ccccc2)CC1. The molecule has 3 nitrogen and oxygen atoms in total. The van der Waals surface area contributed by atoms with Gasteiger partial charge in [-0.3, -0.25) is 9.80 Å². The predicted octanol–water partition coefficient (Wildman–Crippen LogP) is 3.50. The number of piperidine rings is 2. The number of hydrogen-bond donors (Lipinski definition) is 1. The Hall–Kier alpha value is -1.68. The standard InChI is InChI=1S/C23H30N2O/c26-23-18-24(17-19-7-3-1-4-8-19)14-13-22(23)25-15-11-21(12-16-25)20-9-5-2-6-10-20/h1-10,21-23,26H,11-18H2/t22-,23+/m1/s1. The molecule has 0 aliphatic carbocycles. The monoisotopic (exact) mass is 350 g/mol. The Morgan fingerprint density at radius 3 is 2.12 bits per heavy atom. The van der Waals surface area contributed by atoms with Crippen molar-refractivity contribution >= 4 is 0 Å². The van der Waals surface area contributed by atoms with E-state index in [2.05, 4.69) is 70.5 Å². The van der Waals surface area contributed by atoms with Gasteiger partial charge in [0, 0.05) is 25.7 Å². The smallest absolute Gasteiger partial charge is 0.0822 e. The van der Waals surface area contributed by atoms with Crippen molar-refractivity contribution in [2.75, 3.05) is 26.2 Å². The highest BCUT2D eigenvalue weighted by Gasteiger charge is 2.34.